The Morgan fingerprint density at radius 3 is 2.94 bits per heavy atom. The summed E-state index contributed by atoms with van der Waals surface area (Å²) in [5, 5.41) is 0.622. The van der Waals surface area contributed by atoms with E-state index in [1.165, 1.54) is 0 Å². The van der Waals surface area contributed by atoms with E-state index in [9.17, 15) is 0 Å². The molecule has 2 aliphatic heterocycles. The third-order valence-corrected chi connectivity index (χ3v) is 3.92. The van der Waals surface area contributed by atoms with Crippen molar-refractivity contribution in [1.29, 1.82) is 0 Å². The number of hydrogen-bond donors (Lipinski definition) is 1. The van der Waals surface area contributed by atoms with Crippen LogP contribution in [-0.2, 0) is 6.54 Å². The van der Waals surface area contributed by atoms with Gasteiger partial charge in [0, 0.05) is 25.7 Å². The molecular weight excluding hydrogens is 252 g/mol. The van der Waals surface area contributed by atoms with Gasteiger partial charge in [-0.3, -0.25) is 4.90 Å². The van der Waals surface area contributed by atoms with Crippen molar-refractivity contribution < 1.29 is 9.47 Å². The van der Waals surface area contributed by atoms with E-state index in [4.69, 9.17) is 26.8 Å². The number of rotatable bonds is 2. The molecule has 18 heavy (non-hydrogen) atoms. The largest absolute Gasteiger partial charge is 0.454 e. The van der Waals surface area contributed by atoms with Gasteiger partial charge in [0.05, 0.1) is 5.02 Å². The average Bonchev–Trinajstić information content (AvgIpc) is 2.87. The Hall–Kier alpha value is -0.970. The zero-order valence-corrected chi connectivity index (χ0v) is 11.1. The second kappa shape index (κ2) is 4.61. The van der Waals surface area contributed by atoms with E-state index >= 15 is 0 Å². The van der Waals surface area contributed by atoms with Crippen molar-refractivity contribution in [3.05, 3.63) is 22.7 Å². The summed E-state index contributed by atoms with van der Waals surface area (Å²) >= 11 is 6.17. The number of halogens is 1. The summed E-state index contributed by atoms with van der Waals surface area (Å²) in [6.45, 7) is 5.27. The molecule has 98 valence electrons. The zero-order chi connectivity index (χ0) is 12.7. The predicted molar refractivity (Wildman–Crippen MR) is 70.0 cm³/mol. The molecule has 0 bridgehead atoms. The lowest BCUT2D eigenvalue weighted by molar-refractivity contribution is 0.174. The van der Waals surface area contributed by atoms with Crippen molar-refractivity contribution in [2.45, 2.75) is 19.5 Å². The van der Waals surface area contributed by atoms with Gasteiger partial charge >= 0.3 is 0 Å². The number of benzene rings is 1. The van der Waals surface area contributed by atoms with Crippen molar-refractivity contribution in [2.24, 2.45) is 11.7 Å². The first-order valence-corrected chi connectivity index (χ1v) is 6.57. The molecule has 4 nitrogen and oxygen atoms in total. The summed E-state index contributed by atoms with van der Waals surface area (Å²) in [6.07, 6.45) is 0. The first kappa shape index (κ1) is 12.1. The fraction of sp³-hybridized carbons (Fsp3) is 0.538. The lowest BCUT2D eigenvalue weighted by atomic mass is 10.1. The topological polar surface area (TPSA) is 47.7 Å². The Kier molecular flexibility index (Phi) is 3.09. The first-order valence-electron chi connectivity index (χ1n) is 6.19. The van der Waals surface area contributed by atoms with Crippen LogP contribution in [0.5, 0.6) is 11.5 Å². The number of ether oxygens (including phenoxy) is 2. The van der Waals surface area contributed by atoms with Crippen LogP contribution >= 0.6 is 11.6 Å². The molecule has 0 saturated carbocycles. The smallest absolute Gasteiger partial charge is 0.231 e. The minimum atomic E-state index is 0.254. The van der Waals surface area contributed by atoms with E-state index in [0.717, 1.165) is 30.9 Å². The summed E-state index contributed by atoms with van der Waals surface area (Å²) in [6, 6.07) is 4.22. The zero-order valence-electron chi connectivity index (χ0n) is 10.4. The van der Waals surface area contributed by atoms with Gasteiger partial charge in [-0.15, -0.1) is 0 Å². The highest BCUT2D eigenvalue weighted by Gasteiger charge is 2.27. The maximum atomic E-state index is 6.17. The number of hydrogen-bond acceptors (Lipinski definition) is 4. The van der Waals surface area contributed by atoms with E-state index in [1.807, 2.05) is 12.1 Å². The third-order valence-electron chi connectivity index (χ3n) is 3.64. The van der Waals surface area contributed by atoms with Crippen LogP contribution in [0.4, 0.5) is 0 Å². The monoisotopic (exact) mass is 268 g/mol. The fourth-order valence-electron chi connectivity index (χ4n) is 2.59. The van der Waals surface area contributed by atoms with Crippen LogP contribution < -0.4 is 15.2 Å². The maximum Gasteiger partial charge on any atom is 0.231 e. The highest BCUT2D eigenvalue weighted by Crippen LogP contribution is 2.40. The number of fused-ring (bicyclic) bond motifs is 1. The van der Waals surface area contributed by atoms with Gasteiger partial charge in [-0.25, -0.2) is 0 Å². The molecule has 0 radical (unpaired) electrons. The summed E-state index contributed by atoms with van der Waals surface area (Å²) in [5.74, 6) is 1.95. The summed E-state index contributed by atoms with van der Waals surface area (Å²) in [4.78, 5) is 2.35. The maximum absolute atomic E-state index is 6.17. The normalized spacial score (nSPS) is 26.8. The molecular formula is C13H17ClN2O2. The molecule has 5 heteroatoms. The van der Waals surface area contributed by atoms with Crippen LogP contribution in [0.15, 0.2) is 12.1 Å². The number of likely N-dealkylation sites (tertiary alicyclic amines) is 1. The van der Waals surface area contributed by atoms with Crippen LogP contribution in [0, 0.1) is 5.92 Å². The number of nitrogens with zero attached hydrogens (tertiary/aromatic N) is 1. The molecule has 0 aliphatic carbocycles. The minimum Gasteiger partial charge on any atom is -0.454 e. The van der Waals surface area contributed by atoms with Gasteiger partial charge in [0.25, 0.3) is 0 Å². The molecule has 1 saturated heterocycles. The second-order valence-electron chi connectivity index (χ2n) is 5.15. The Bertz CT molecular complexity index is 457. The Morgan fingerprint density at radius 2 is 2.22 bits per heavy atom. The summed E-state index contributed by atoms with van der Waals surface area (Å²) in [5.41, 5.74) is 7.17. The van der Waals surface area contributed by atoms with E-state index < -0.39 is 0 Å². The molecule has 1 aromatic rings. The molecule has 2 atom stereocenters. The van der Waals surface area contributed by atoms with E-state index in [2.05, 4.69) is 11.8 Å². The first-order chi connectivity index (χ1) is 8.63. The molecule has 3 rings (SSSR count). The van der Waals surface area contributed by atoms with Gasteiger partial charge in [-0.2, -0.15) is 0 Å². The Labute approximate surface area is 112 Å². The summed E-state index contributed by atoms with van der Waals surface area (Å²) in [7, 11) is 0. The highest BCUT2D eigenvalue weighted by molar-refractivity contribution is 6.32. The van der Waals surface area contributed by atoms with Crippen LogP contribution in [0.3, 0.4) is 0 Å². The third kappa shape index (κ3) is 2.16. The van der Waals surface area contributed by atoms with E-state index in [0.29, 0.717) is 16.7 Å². The van der Waals surface area contributed by atoms with E-state index in [-0.39, 0.29) is 12.8 Å². The van der Waals surface area contributed by atoms with Gasteiger partial charge in [0.2, 0.25) is 6.79 Å². The average molecular weight is 269 g/mol. The standard InChI is InChI=1S/C13H17ClN2O2/c1-8-4-16(6-11(8)15)5-9-2-10(14)13-12(3-9)17-7-18-13/h2-3,8,11H,4-7,15H2,1H3. The molecule has 0 spiro atoms. The predicted octanol–water partition coefficient (Wildman–Crippen LogP) is 1.85. The van der Waals surface area contributed by atoms with Gasteiger partial charge in [-0.1, -0.05) is 18.5 Å². The lowest BCUT2D eigenvalue weighted by Crippen LogP contribution is -2.28. The summed E-state index contributed by atoms with van der Waals surface area (Å²) < 4.78 is 10.7. The van der Waals surface area contributed by atoms with E-state index in [1.54, 1.807) is 0 Å². The second-order valence-corrected chi connectivity index (χ2v) is 5.55. The van der Waals surface area contributed by atoms with Crippen LogP contribution in [0.1, 0.15) is 12.5 Å². The van der Waals surface area contributed by atoms with Crippen LogP contribution in [-0.4, -0.2) is 30.8 Å². The van der Waals surface area contributed by atoms with Crippen molar-refractivity contribution >= 4 is 11.6 Å². The van der Waals surface area contributed by atoms with Crippen molar-refractivity contribution in [3.8, 4) is 11.5 Å². The van der Waals surface area contributed by atoms with Gasteiger partial charge in [0.1, 0.15) is 0 Å². The Morgan fingerprint density at radius 1 is 1.39 bits per heavy atom. The molecule has 1 fully saturated rings. The van der Waals surface area contributed by atoms with Crippen molar-refractivity contribution in [1.82, 2.24) is 4.90 Å². The molecule has 1 aromatic carbocycles. The molecule has 2 N–H and O–H groups in total. The molecule has 0 aromatic heterocycles. The number of nitrogens with two attached hydrogens (primary N) is 1. The minimum absolute atomic E-state index is 0.254. The van der Waals surface area contributed by atoms with Crippen molar-refractivity contribution in [3.63, 3.8) is 0 Å². The van der Waals surface area contributed by atoms with Gasteiger partial charge in [-0.05, 0) is 23.6 Å². The molecule has 2 aliphatic rings. The molecule has 2 heterocycles. The Balaban J connectivity index is 1.76. The molecule has 2 unspecified atom stereocenters. The highest BCUT2D eigenvalue weighted by atomic mass is 35.5. The van der Waals surface area contributed by atoms with Gasteiger partial charge in [0.15, 0.2) is 11.5 Å². The quantitative estimate of drug-likeness (QED) is 0.889. The fourth-order valence-corrected chi connectivity index (χ4v) is 2.88. The SMILES string of the molecule is CC1CN(Cc2cc(Cl)c3c(c2)OCO3)CC1N. The van der Waals surface area contributed by atoms with Crippen LogP contribution in [0.2, 0.25) is 5.02 Å². The van der Waals surface area contributed by atoms with Crippen LogP contribution in [0.25, 0.3) is 0 Å². The lowest BCUT2D eigenvalue weighted by Gasteiger charge is -2.15. The van der Waals surface area contributed by atoms with Crippen molar-refractivity contribution in [2.75, 3.05) is 19.9 Å². The van der Waals surface area contributed by atoms with Gasteiger partial charge < -0.3 is 15.2 Å². The molecule has 0 amide bonds.